The number of carbonyl (C=O) groups excluding carboxylic acids is 1. The van der Waals surface area contributed by atoms with E-state index in [1.165, 1.54) is 7.11 Å². The van der Waals surface area contributed by atoms with Crippen molar-refractivity contribution in [2.24, 2.45) is 0 Å². The molecule has 1 aliphatic heterocycles. The molecule has 1 aliphatic rings. The number of nitrogens with zero attached hydrogens (tertiary/aromatic N) is 1. The molecule has 0 bridgehead atoms. The van der Waals surface area contributed by atoms with E-state index in [4.69, 9.17) is 21.4 Å². The van der Waals surface area contributed by atoms with E-state index >= 15 is 0 Å². The van der Waals surface area contributed by atoms with Crippen molar-refractivity contribution < 1.29 is 19.4 Å². The Labute approximate surface area is 139 Å². The number of hydrogen-bond acceptors (Lipinski definition) is 4. The number of carbonyl (C=O) groups is 2. The first-order valence-electron chi connectivity index (χ1n) is 7.33. The van der Waals surface area contributed by atoms with Crippen molar-refractivity contribution in [3.05, 3.63) is 23.2 Å². The highest BCUT2D eigenvalue weighted by atomic mass is 35.5. The Morgan fingerprint density at radius 3 is 2.70 bits per heavy atom. The first kappa shape index (κ1) is 17.4. The molecule has 2 rings (SSSR count). The van der Waals surface area contributed by atoms with Crippen molar-refractivity contribution in [2.45, 2.75) is 18.9 Å². The number of nitrogens with one attached hydrogen (secondary N) is 2. The lowest BCUT2D eigenvalue weighted by Crippen LogP contribution is -2.47. The van der Waals surface area contributed by atoms with Crippen molar-refractivity contribution >= 4 is 29.3 Å². The van der Waals surface area contributed by atoms with Crippen molar-refractivity contribution in [3.63, 3.8) is 0 Å². The Morgan fingerprint density at radius 1 is 1.39 bits per heavy atom. The van der Waals surface area contributed by atoms with E-state index in [1.807, 2.05) is 4.90 Å². The van der Waals surface area contributed by atoms with E-state index < -0.39 is 5.97 Å². The van der Waals surface area contributed by atoms with Gasteiger partial charge in [-0.2, -0.15) is 0 Å². The maximum absolute atomic E-state index is 12.1. The zero-order chi connectivity index (χ0) is 16.8. The first-order valence-corrected chi connectivity index (χ1v) is 7.71. The third-order valence-electron chi connectivity index (χ3n) is 3.70. The lowest BCUT2D eigenvalue weighted by Gasteiger charge is -2.31. The number of aliphatic carboxylic acids is 1. The number of benzene rings is 1. The van der Waals surface area contributed by atoms with Gasteiger partial charge in [-0.05, 0) is 25.0 Å². The molecular weight excluding hydrogens is 322 g/mol. The number of anilines is 1. The second kappa shape index (κ2) is 8.03. The van der Waals surface area contributed by atoms with Crippen LogP contribution in [-0.2, 0) is 4.79 Å². The summed E-state index contributed by atoms with van der Waals surface area (Å²) in [5, 5.41) is 14.8. The lowest BCUT2D eigenvalue weighted by atomic mass is 10.1. The van der Waals surface area contributed by atoms with E-state index in [-0.39, 0.29) is 18.6 Å². The minimum atomic E-state index is -0.831. The van der Waals surface area contributed by atoms with Gasteiger partial charge in [0, 0.05) is 19.1 Å². The maximum Gasteiger partial charge on any atom is 0.319 e. The molecule has 0 unspecified atom stereocenters. The molecule has 1 heterocycles. The summed E-state index contributed by atoms with van der Waals surface area (Å²) in [6.07, 6.45) is 1.43. The monoisotopic (exact) mass is 341 g/mol. The lowest BCUT2D eigenvalue weighted by molar-refractivity contribution is -0.138. The summed E-state index contributed by atoms with van der Waals surface area (Å²) >= 11 is 6.01. The van der Waals surface area contributed by atoms with Gasteiger partial charge in [0.05, 0.1) is 24.4 Å². The molecule has 0 atom stereocenters. The molecule has 23 heavy (non-hydrogen) atoms. The fourth-order valence-electron chi connectivity index (χ4n) is 2.59. The average molecular weight is 342 g/mol. The number of carboxylic acids is 1. The summed E-state index contributed by atoms with van der Waals surface area (Å²) < 4.78 is 5.18. The number of ether oxygens (including phenoxy) is 1. The number of likely N-dealkylation sites (tertiary alicyclic amines) is 1. The van der Waals surface area contributed by atoms with Crippen LogP contribution in [0.4, 0.5) is 10.5 Å². The molecule has 0 saturated carbocycles. The van der Waals surface area contributed by atoms with Crippen LogP contribution in [-0.4, -0.2) is 54.8 Å². The molecule has 126 valence electrons. The van der Waals surface area contributed by atoms with E-state index in [2.05, 4.69) is 10.6 Å². The standard InChI is InChI=1S/C15H20ClN3O4/c1-23-14-11(16)3-2-4-12(14)18-15(22)17-10-5-7-19(8-6-10)9-13(20)21/h2-4,10H,5-9H2,1H3,(H,20,21)(H2,17,18,22). The molecule has 2 amide bonds. The quantitative estimate of drug-likeness (QED) is 0.762. The van der Waals surface area contributed by atoms with Crippen LogP contribution in [0.1, 0.15) is 12.8 Å². The SMILES string of the molecule is COc1c(Cl)cccc1NC(=O)NC1CCN(CC(=O)O)CC1. The largest absolute Gasteiger partial charge is 0.493 e. The van der Waals surface area contributed by atoms with Gasteiger partial charge in [-0.15, -0.1) is 0 Å². The third-order valence-corrected chi connectivity index (χ3v) is 4.00. The molecule has 0 aromatic heterocycles. The Balaban J connectivity index is 1.84. The summed E-state index contributed by atoms with van der Waals surface area (Å²) in [7, 11) is 1.49. The van der Waals surface area contributed by atoms with Crippen LogP contribution in [0.5, 0.6) is 5.75 Å². The average Bonchev–Trinajstić information content (AvgIpc) is 2.49. The number of methoxy groups -OCH3 is 1. The number of hydrogen-bond donors (Lipinski definition) is 3. The van der Waals surface area contributed by atoms with Gasteiger partial charge in [-0.1, -0.05) is 17.7 Å². The maximum atomic E-state index is 12.1. The summed E-state index contributed by atoms with van der Waals surface area (Å²) in [5.41, 5.74) is 0.501. The second-order valence-electron chi connectivity index (χ2n) is 5.36. The van der Waals surface area contributed by atoms with E-state index in [1.54, 1.807) is 18.2 Å². The fraction of sp³-hybridized carbons (Fsp3) is 0.467. The first-order chi connectivity index (χ1) is 11.0. The number of carboxylic acid groups (broad SMARTS) is 1. The Morgan fingerprint density at radius 2 is 2.09 bits per heavy atom. The van der Waals surface area contributed by atoms with Crippen LogP contribution in [0, 0.1) is 0 Å². The highest BCUT2D eigenvalue weighted by Gasteiger charge is 2.22. The van der Waals surface area contributed by atoms with Crippen molar-refractivity contribution in [2.75, 3.05) is 32.1 Å². The van der Waals surface area contributed by atoms with E-state index in [0.717, 1.165) is 0 Å². The smallest absolute Gasteiger partial charge is 0.319 e. The zero-order valence-corrected chi connectivity index (χ0v) is 13.6. The summed E-state index contributed by atoms with van der Waals surface area (Å²) in [4.78, 5) is 24.6. The molecule has 0 spiro atoms. The molecule has 1 aromatic rings. The Hall–Kier alpha value is -1.99. The fourth-order valence-corrected chi connectivity index (χ4v) is 2.84. The third kappa shape index (κ3) is 5.01. The molecule has 1 saturated heterocycles. The van der Waals surface area contributed by atoms with Gasteiger partial charge in [-0.3, -0.25) is 9.69 Å². The van der Waals surface area contributed by atoms with Gasteiger partial charge in [0.25, 0.3) is 0 Å². The second-order valence-corrected chi connectivity index (χ2v) is 5.77. The molecule has 1 fully saturated rings. The van der Waals surface area contributed by atoms with Crippen molar-refractivity contribution in [1.29, 1.82) is 0 Å². The molecule has 1 aromatic carbocycles. The Bertz CT molecular complexity index is 574. The predicted molar refractivity (Wildman–Crippen MR) is 87.3 cm³/mol. The van der Waals surface area contributed by atoms with Gasteiger partial charge in [0.15, 0.2) is 5.75 Å². The van der Waals surface area contributed by atoms with Crippen LogP contribution in [0.15, 0.2) is 18.2 Å². The molecule has 0 aliphatic carbocycles. The topological polar surface area (TPSA) is 90.9 Å². The number of halogens is 1. The highest BCUT2D eigenvalue weighted by molar-refractivity contribution is 6.32. The Kier molecular flexibility index (Phi) is 6.06. The molecule has 8 heteroatoms. The summed E-state index contributed by atoms with van der Waals surface area (Å²) in [6.45, 7) is 1.34. The van der Waals surface area contributed by atoms with Crippen LogP contribution >= 0.6 is 11.6 Å². The van der Waals surface area contributed by atoms with Crippen molar-refractivity contribution in [3.8, 4) is 5.75 Å². The van der Waals surface area contributed by atoms with Gasteiger partial charge in [-0.25, -0.2) is 4.79 Å². The van der Waals surface area contributed by atoms with Gasteiger partial charge < -0.3 is 20.5 Å². The number of urea groups is 1. The predicted octanol–water partition coefficient (Wildman–Crippen LogP) is 2.02. The summed E-state index contributed by atoms with van der Waals surface area (Å²) in [6, 6.07) is 4.80. The molecule has 0 radical (unpaired) electrons. The number of piperidine rings is 1. The van der Waals surface area contributed by atoms with E-state index in [0.29, 0.717) is 42.4 Å². The van der Waals surface area contributed by atoms with Crippen LogP contribution in [0.2, 0.25) is 5.02 Å². The minimum absolute atomic E-state index is 0.0187. The molecule has 7 nitrogen and oxygen atoms in total. The van der Waals surface area contributed by atoms with Crippen molar-refractivity contribution in [1.82, 2.24) is 10.2 Å². The van der Waals surface area contributed by atoms with Crippen LogP contribution < -0.4 is 15.4 Å². The van der Waals surface area contributed by atoms with E-state index in [9.17, 15) is 9.59 Å². The minimum Gasteiger partial charge on any atom is -0.493 e. The zero-order valence-electron chi connectivity index (χ0n) is 12.8. The molecular formula is C15H20ClN3O4. The van der Waals surface area contributed by atoms with Gasteiger partial charge >= 0.3 is 12.0 Å². The van der Waals surface area contributed by atoms with Gasteiger partial charge in [0.1, 0.15) is 0 Å². The number of rotatable bonds is 5. The normalized spacial score (nSPS) is 15.9. The highest BCUT2D eigenvalue weighted by Crippen LogP contribution is 2.32. The van der Waals surface area contributed by atoms with Crippen LogP contribution in [0.3, 0.4) is 0 Å². The number of amides is 2. The number of para-hydroxylation sites is 1. The van der Waals surface area contributed by atoms with Crippen LogP contribution in [0.25, 0.3) is 0 Å². The van der Waals surface area contributed by atoms with Gasteiger partial charge in [0.2, 0.25) is 0 Å². The summed E-state index contributed by atoms with van der Waals surface area (Å²) in [5.74, 6) is -0.414. The molecule has 3 N–H and O–H groups in total.